The molecule has 2 aromatic carbocycles. The Morgan fingerprint density at radius 1 is 1.16 bits per heavy atom. The third-order valence-corrected chi connectivity index (χ3v) is 4.54. The van der Waals surface area contributed by atoms with E-state index in [2.05, 4.69) is 5.32 Å². The monoisotopic (exact) mass is 343 g/mol. The lowest BCUT2D eigenvalue weighted by Gasteiger charge is -2.33. The number of carbonyl (C=O) groups excluding carboxylic acids is 1. The number of nitrogens with zero attached hydrogens (tertiary/aromatic N) is 1. The number of nitrogens with two attached hydrogens (primary N) is 1. The van der Waals surface area contributed by atoms with Gasteiger partial charge in [0, 0.05) is 13.0 Å². The fourth-order valence-electron chi connectivity index (χ4n) is 3.09. The first kappa shape index (κ1) is 17.2. The molecule has 0 radical (unpaired) electrons. The first-order chi connectivity index (χ1) is 12.0. The van der Waals surface area contributed by atoms with Gasteiger partial charge in [-0.2, -0.15) is 0 Å². The molecule has 1 aliphatic heterocycles. The summed E-state index contributed by atoms with van der Waals surface area (Å²) < 4.78 is 18.2. The Labute approximate surface area is 146 Å². The van der Waals surface area contributed by atoms with Crippen LogP contribution in [0.4, 0.5) is 9.18 Å². The second-order valence-electron chi connectivity index (χ2n) is 6.32. The second kappa shape index (κ2) is 7.11. The van der Waals surface area contributed by atoms with Crippen molar-refractivity contribution in [1.29, 1.82) is 0 Å². The molecule has 0 aliphatic carbocycles. The average molecular weight is 343 g/mol. The zero-order valence-electron chi connectivity index (χ0n) is 14.2. The Hall–Kier alpha value is -2.60. The van der Waals surface area contributed by atoms with E-state index in [-0.39, 0.29) is 11.8 Å². The number of halogens is 1. The highest BCUT2D eigenvalue weighted by Gasteiger charge is 2.41. The lowest BCUT2D eigenvalue weighted by molar-refractivity contribution is 0.159. The predicted octanol–water partition coefficient (Wildman–Crippen LogP) is 2.30. The van der Waals surface area contributed by atoms with E-state index in [1.54, 1.807) is 24.1 Å². The molecule has 3 N–H and O–H groups in total. The van der Waals surface area contributed by atoms with Gasteiger partial charge in [0.25, 0.3) is 0 Å². The normalized spacial score (nSPS) is 19.8. The smallest absolute Gasteiger partial charge is 0.319 e. The largest absolute Gasteiger partial charge is 0.497 e. The van der Waals surface area contributed by atoms with Gasteiger partial charge in [-0.3, -0.25) is 0 Å². The quantitative estimate of drug-likeness (QED) is 0.846. The van der Waals surface area contributed by atoms with Crippen LogP contribution in [0.25, 0.3) is 0 Å². The van der Waals surface area contributed by atoms with Gasteiger partial charge in [-0.25, -0.2) is 9.18 Å². The minimum absolute atomic E-state index is 0.168. The molecule has 25 heavy (non-hydrogen) atoms. The van der Waals surface area contributed by atoms with Gasteiger partial charge in [-0.05, 0) is 41.8 Å². The lowest BCUT2D eigenvalue weighted by Crippen LogP contribution is -2.57. The number of amides is 2. The third kappa shape index (κ3) is 3.91. The summed E-state index contributed by atoms with van der Waals surface area (Å²) in [4.78, 5) is 13.9. The standard InChI is InChI=1S/C19H22FN3O2/c1-25-17-8-4-14(5-9-17)10-11-23-18(24)22-13-19(23,21)12-15-2-6-16(20)7-3-15/h2-9H,10-13,21H2,1H3,(H,22,24). The number of methoxy groups -OCH3 is 1. The molecule has 2 amide bonds. The van der Waals surface area contributed by atoms with Gasteiger partial charge < -0.3 is 20.7 Å². The SMILES string of the molecule is COc1ccc(CCN2C(=O)NCC2(N)Cc2ccc(F)cc2)cc1. The number of benzene rings is 2. The first-order valence-corrected chi connectivity index (χ1v) is 8.22. The van der Waals surface area contributed by atoms with Crippen LogP contribution in [0.2, 0.25) is 0 Å². The van der Waals surface area contributed by atoms with Crippen LogP contribution in [0.1, 0.15) is 11.1 Å². The molecule has 1 unspecified atom stereocenters. The van der Waals surface area contributed by atoms with Crippen LogP contribution < -0.4 is 15.8 Å². The van der Waals surface area contributed by atoms with E-state index in [4.69, 9.17) is 10.5 Å². The number of urea groups is 1. The summed E-state index contributed by atoms with van der Waals surface area (Å²) in [6.07, 6.45) is 1.16. The van der Waals surface area contributed by atoms with Gasteiger partial charge in [0.1, 0.15) is 17.2 Å². The molecule has 5 nitrogen and oxygen atoms in total. The molecule has 132 valence electrons. The minimum atomic E-state index is -0.818. The molecule has 6 heteroatoms. The van der Waals surface area contributed by atoms with E-state index in [0.29, 0.717) is 25.9 Å². The van der Waals surface area contributed by atoms with E-state index in [9.17, 15) is 9.18 Å². The van der Waals surface area contributed by atoms with Crippen molar-refractivity contribution < 1.29 is 13.9 Å². The molecular formula is C19H22FN3O2. The molecular weight excluding hydrogens is 321 g/mol. The second-order valence-corrected chi connectivity index (χ2v) is 6.32. The molecule has 0 aromatic heterocycles. The van der Waals surface area contributed by atoms with Crippen LogP contribution in [0, 0.1) is 5.82 Å². The highest BCUT2D eigenvalue weighted by Crippen LogP contribution is 2.22. The Morgan fingerprint density at radius 3 is 2.44 bits per heavy atom. The van der Waals surface area contributed by atoms with E-state index >= 15 is 0 Å². The molecule has 1 heterocycles. The van der Waals surface area contributed by atoms with Crippen molar-refractivity contribution in [3.05, 3.63) is 65.5 Å². The van der Waals surface area contributed by atoms with Crippen LogP contribution in [0.3, 0.4) is 0 Å². The molecule has 0 saturated carbocycles. The highest BCUT2D eigenvalue weighted by molar-refractivity contribution is 5.77. The Morgan fingerprint density at radius 2 is 1.80 bits per heavy atom. The molecule has 1 aliphatic rings. The van der Waals surface area contributed by atoms with Crippen LogP contribution in [-0.2, 0) is 12.8 Å². The maximum Gasteiger partial charge on any atom is 0.319 e. The zero-order valence-corrected chi connectivity index (χ0v) is 14.2. The van der Waals surface area contributed by atoms with Gasteiger partial charge >= 0.3 is 6.03 Å². The number of rotatable bonds is 6. The number of nitrogens with one attached hydrogen (secondary N) is 1. The molecule has 2 aromatic rings. The summed E-state index contributed by atoms with van der Waals surface area (Å²) in [5.74, 6) is 0.513. The van der Waals surface area contributed by atoms with E-state index in [1.165, 1.54) is 12.1 Å². The van der Waals surface area contributed by atoms with Crippen LogP contribution in [0.5, 0.6) is 5.75 Å². The van der Waals surface area contributed by atoms with E-state index in [1.807, 2.05) is 24.3 Å². The van der Waals surface area contributed by atoms with E-state index in [0.717, 1.165) is 16.9 Å². The fraction of sp³-hybridized carbons (Fsp3) is 0.316. The van der Waals surface area contributed by atoms with Gasteiger partial charge in [0.15, 0.2) is 0 Å². The predicted molar refractivity (Wildman–Crippen MR) is 93.8 cm³/mol. The molecule has 1 atom stereocenters. The van der Waals surface area contributed by atoms with E-state index < -0.39 is 5.66 Å². The summed E-state index contributed by atoms with van der Waals surface area (Å²) in [6, 6.07) is 13.8. The van der Waals surface area contributed by atoms with Gasteiger partial charge in [-0.15, -0.1) is 0 Å². The molecule has 0 bridgehead atoms. The summed E-state index contributed by atoms with van der Waals surface area (Å²) in [5, 5.41) is 2.81. The highest BCUT2D eigenvalue weighted by atomic mass is 19.1. The van der Waals surface area contributed by atoms with Crippen LogP contribution >= 0.6 is 0 Å². The van der Waals surface area contributed by atoms with Crippen molar-refractivity contribution in [3.8, 4) is 5.75 Å². The minimum Gasteiger partial charge on any atom is -0.497 e. The number of hydrogen-bond acceptors (Lipinski definition) is 3. The topological polar surface area (TPSA) is 67.6 Å². The Bertz CT molecular complexity index is 733. The Kier molecular flexibility index (Phi) is 4.90. The maximum absolute atomic E-state index is 13.1. The molecule has 1 saturated heterocycles. The van der Waals surface area contributed by atoms with Gasteiger partial charge in [-0.1, -0.05) is 24.3 Å². The van der Waals surface area contributed by atoms with Crippen molar-refractivity contribution in [2.45, 2.75) is 18.5 Å². The lowest BCUT2D eigenvalue weighted by atomic mass is 9.99. The number of hydrogen-bond donors (Lipinski definition) is 2. The third-order valence-electron chi connectivity index (χ3n) is 4.54. The van der Waals surface area contributed by atoms with Crippen molar-refractivity contribution in [2.24, 2.45) is 5.73 Å². The van der Waals surface area contributed by atoms with Crippen LogP contribution in [-0.4, -0.2) is 36.8 Å². The summed E-state index contributed by atoms with van der Waals surface area (Å²) in [6.45, 7) is 0.877. The molecule has 3 rings (SSSR count). The van der Waals surface area contributed by atoms with Crippen molar-refractivity contribution in [3.63, 3.8) is 0 Å². The van der Waals surface area contributed by atoms with Crippen LogP contribution in [0.15, 0.2) is 48.5 Å². The van der Waals surface area contributed by atoms with Crippen molar-refractivity contribution in [1.82, 2.24) is 10.2 Å². The van der Waals surface area contributed by atoms with Crippen molar-refractivity contribution in [2.75, 3.05) is 20.2 Å². The fourth-order valence-corrected chi connectivity index (χ4v) is 3.09. The molecule has 0 spiro atoms. The maximum atomic E-state index is 13.1. The summed E-state index contributed by atoms with van der Waals surface area (Å²) >= 11 is 0. The zero-order chi connectivity index (χ0) is 17.9. The summed E-state index contributed by atoms with van der Waals surface area (Å²) in [7, 11) is 1.63. The van der Waals surface area contributed by atoms with Gasteiger partial charge in [0.05, 0.1) is 13.7 Å². The summed E-state index contributed by atoms with van der Waals surface area (Å²) in [5.41, 5.74) is 7.68. The molecule has 1 fully saturated rings. The average Bonchev–Trinajstić information content (AvgIpc) is 2.90. The first-order valence-electron chi connectivity index (χ1n) is 8.22. The number of carbonyl (C=O) groups is 1. The Balaban J connectivity index is 1.68. The number of ether oxygens (including phenoxy) is 1. The van der Waals surface area contributed by atoms with Gasteiger partial charge in [0.2, 0.25) is 0 Å². The van der Waals surface area contributed by atoms with Crippen molar-refractivity contribution >= 4 is 6.03 Å².